The van der Waals surface area contributed by atoms with E-state index in [-0.39, 0.29) is 0 Å². The minimum Gasteiger partial charge on any atom is -0.361 e. The zero-order chi connectivity index (χ0) is 10.3. The van der Waals surface area contributed by atoms with E-state index in [4.69, 9.17) is 0 Å². The molecular formula is C13H16N2. The number of likely N-dealkylation sites (tertiary alicyclic amines) is 1. The maximum absolute atomic E-state index is 3.24. The zero-order valence-electron chi connectivity index (χ0n) is 9.03. The molecular weight excluding hydrogens is 184 g/mol. The van der Waals surface area contributed by atoms with Crippen molar-refractivity contribution in [3.63, 3.8) is 0 Å². The Morgan fingerprint density at radius 2 is 2.27 bits per heavy atom. The lowest BCUT2D eigenvalue weighted by Gasteiger charge is -2.10. The summed E-state index contributed by atoms with van der Waals surface area (Å²) in [6, 6.07) is 8.94. The fourth-order valence-electron chi connectivity index (χ4n) is 2.53. The van der Waals surface area contributed by atoms with Crippen molar-refractivity contribution >= 4 is 10.9 Å². The van der Waals surface area contributed by atoms with Crippen LogP contribution in [-0.2, 0) is 0 Å². The number of aromatic nitrogens is 1. The number of likely N-dealkylation sites (N-methyl/N-ethyl adjacent to an activating group) is 1. The highest BCUT2D eigenvalue weighted by Gasteiger charge is 2.20. The summed E-state index contributed by atoms with van der Waals surface area (Å²) in [5.74, 6) is 0.731. The third-order valence-electron chi connectivity index (χ3n) is 3.44. The molecule has 1 aliphatic rings. The second kappa shape index (κ2) is 3.38. The molecule has 1 N–H and O–H groups in total. The van der Waals surface area contributed by atoms with E-state index >= 15 is 0 Å². The van der Waals surface area contributed by atoms with E-state index in [1.54, 1.807) is 0 Å². The molecule has 0 spiro atoms. The Kier molecular flexibility index (Phi) is 2.03. The molecule has 0 bridgehead atoms. The first-order valence-corrected chi connectivity index (χ1v) is 5.58. The lowest BCUT2D eigenvalue weighted by Crippen LogP contribution is -2.13. The van der Waals surface area contributed by atoms with Gasteiger partial charge in [0.1, 0.15) is 0 Å². The largest absolute Gasteiger partial charge is 0.361 e. The summed E-state index contributed by atoms with van der Waals surface area (Å²) >= 11 is 0. The minimum absolute atomic E-state index is 0.731. The van der Waals surface area contributed by atoms with Crippen molar-refractivity contribution in [2.75, 3.05) is 20.1 Å². The van der Waals surface area contributed by atoms with Gasteiger partial charge in [-0.2, -0.15) is 0 Å². The first kappa shape index (κ1) is 8.98. The zero-order valence-corrected chi connectivity index (χ0v) is 9.03. The van der Waals surface area contributed by atoms with E-state index in [2.05, 4.69) is 41.2 Å². The lowest BCUT2D eigenvalue weighted by molar-refractivity contribution is 0.411. The van der Waals surface area contributed by atoms with Gasteiger partial charge in [-0.05, 0) is 55.1 Å². The average Bonchev–Trinajstić information content (AvgIpc) is 2.84. The van der Waals surface area contributed by atoms with Crippen LogP contribution in [0.2, 0.25) is 0 Å². The Balaban J connectivity index is 1.97. The molecule has 1 saturated heterocycles. The van der Waals surface area contributed by atoms with Gasteiger partial charge in [0.2, 0.25) is 0 Å². The van der Waals surface area contributed by atoms with E-state index in [0.29, 0.717) is 0 Å². The topological polar surface area (TPSA) is 19.0 Å². The molecule has 3 rings (SSSR count). The van der Waals surface area contributed by atoms with Gasteiger partial charge in [-0.25, -0.2) is 0 Å². The smallest absolute Gasteiger partial charge is 0.0454 e. The number of nitrogens with zero attached hydrogens (tertiary/aromatic N) is 1. The summed E-state index contributed by atoms with van der Waals surface area (Å²) in [7, 11) is 2.20. The third-order valence-corrected chi connectivity index (χ3v) is 3.44. The molecule has 1 aliphatic heterocycles. The van der Waals surface area contributed by atoms with Crippen molar-refractivity contribution < 1.29 is 0 Å². The summed E-state index contributed by atoms with van der Waals surface area (Å²) < 4.78 is 0. The molecule has 1 atom stereocenters. The number of hydrogen-bond acceptors (Lipinski definition) is 1. The van der Waals surface area contributed by atoms with E-state index in [1.165, 1.54) is 36.0 Å². The summed E-state index contributed by atoms with van der Waals surface area (Å²) in [6.07, 6.45) is 3.31. The van der Waals surface area contributed by atoms with Crippen LogP contribution in [0.3, 0.4) is 0 Å². The van der Waals surface area contributed by atoms with Crippen LogP contribution in [0.4, 0.5) is 0 Å². The minimum atomic E-state index is 0.731. The van der Waals surface area contributed by atoms with Crippen LogP contribution in [0.1, 0.15) is 17.9 Å². The number of H-pyrrole nitrogens is 1. The Labute approximate surface area is 89.9 Å². The van der Waals surface area contributed by atoms with Gasteiger partial charge in [-0.1, -0.05) is 6.07 Å². The second-order valence-corrected chi connectivity index (χ2v) is 4.57. The predicted octanol–water partition coefficient (Wildman–Crippen LogP) is 2.59. The quantitative estimate of drug-likeness (QED) is 0.749. The fraction of sp³-hybridized carbons (Fsp3) is 0.385. The maximum atomic E-state index is 3.24. The van der Waals surface area contributed by atoms with Crippen LogP contribution in [-0.4, -0.2) is 30.0 Å². The maximum Gasteiger partial charge on any atom is 0.0454 e. The summed E-state index contributed by atoms with van der Waals surface area (Å²) in [5, 5.41) is 1.34. The summed E-state index contributed by atoms with van der Waals surface area (Å²) in [5.41, 5.74) is 2.73. The lowest BCUT2D eigenvalue weighted by atomic mass is 9.97. The van der Waals surface area contributed by atoms with Gasteiger partial charge in [0.05, 0.1) is 0 Å². The van der Waals surface area contributed by atoms with Crippen LogP contribution >= 0.6 is 0 Å². The molecule has 2 heteroatoms. The van der Waals surface area contributed by atoms with Crippen molar-refractivity contribution in [2.45, 2.75) is 12.3 Å². The van der Waals surface area contributed by atoms with E-state index < -0.39 is 0 Å². The Morgan fingerprint density at radius 1 is 1.33 bits per heavy atom. The number of aromatic amines is 1. The van der Waals surface area contributed by atoms with Crippen LogP contribution in [0.5, 0.6) is 0 Å². The molecule has 0 saturated carbocycles. The summed E-state index contributed by atoms with van der Waals surface area (Å²) in [6.45, 7) is 2.44. The first-order chi connectivity index (χ1) is 7.33. The van der Waals surface area contributed by atoms with Crippen molar-refractivity contribution in [2.24, 2.45) is 0 Å². The van der Waals surface area contributed by atoms with Gasteiger partial charge in [-0.3, -0.25) is 0 Å². The SMILES string of the molecule is CN1CCC(c2ccc3[nH]ccc3c2)C1. The molecule has 78 valence electrons. The average molecular weight is 200 g/mol. The number of fused-ring (bicyclic) bond motifs is 1. The van der Waals surface area contributed by atoms with E-state index in [1.807, 2.05) is 6.20 Å². The normalized spacial score (nSPS) is 22.6. The summed E-state index contributed by atoms with van der Waals surface area (Å²) in [4.78, 5) is 5.64. The molecule has 15 heavy (non-hydrogen) atoms. The highest BCUT2D eigenvalue weighted by atomic mass is 15.1. The van der Waals surface area contributed by atoms with Crippen molar-refractivity contribution in [3.8, 4) is 0 Å². The first-order valence-electron chi connectivity index (χ1n) is 5.58. The van der Waals surface area contributed by atoms with Gasteiger partial charge in [0.15, 0.2) is 0 Å². The van der Waals surface area contributed by atoms with Crippen LogP contribution < -0.4 is 0 Å². The van der Waals surface area contributed by atoms with Gasteiger partial charge in [0.25, 0.3) is 0 Å². The molecule has 1 unspecified atom stereocenters. The van der Waals surface area contributed by atoms with Crippen molar-refractivity contribution in [1.29, 1.82) is 0 Å². The second-order valence-electron chi connectivity index (χ2n) is 4.57. The molecule has 1 aromatic carbocycles. The van der Waals surface area contributed by atoms with Gasteiger partial charge in [-0.15, -0.1) is 0 Å². The molecule has 2 aromatic rings. The number of hydrogen-bond donors (Lipinski definition) is 1. The monoisotopic (exact) mass is 200 g/mol. The molecule has 2 nitrogen and oxygen atoms in total. The fourth-order valence-corrected chi connectivity index (χ4v) is 2.53. The molecule has 2 heterocycles. The van der Waals surface area contributed by atoms with E-state index in [0.717, 1.165) is 5.92 Å². The predicted molar refractivity (Wildman–Crippen MR) is 63.2 cm³/mol. The molecule has 1 fully saturated rings. The molecule has 0 aliphatic carbocycles. The number of rotatable bonds is 1. The Morgan fingerprint density at radius 3 is 3.07 bits per heavy atom. The highest BCUT2D eigenvalue weighted by molar-refractivity contribution is 5.80. The number of benzene rings is 1. The van der Waals surface area contributed by atoms with Crippen LogP contribution in [0.25, 0.3) is 10.9 Å². The van der Waals surface area contributed by atoms with Crippen molar-refractivity contribution in [3.05, 3.63) is 36.0 Å². The number of nitrogens with one attached hydrogen (secondary N) is 1. The van der Waals surface area contributed by atoms with Gasteiger partial charge < -0.3 is 9.88 Å². The molecule has 1 aromatic heterocycles. The van der Waals surface area contributed by atoms with Crippen LogP contribution in [0.15, 0.2) is 30.5 Å². The van der Waals surface area contributed by atoms with E-state index in [9.17, 15) is 0 Å². The molecule has 0 amide bonds. The Bertz CT molecular complexity index is 472. The molecule has 0 radical (unpaired) electrons. The van der Waals surface area contributed by atoms with Crippen LogP contribution in [0, 0.1) is 0 Å². The van der Waals surface area contributed by atoms with Crippen molar-refractivity contribution in [1.82, 2.24) is 9.88 Å². The Hall–Kier alpha value is -1.28. The third kappa shape index (κ3) is 1.55. The van der Waals surface area contributed by atoms with Gasteiger partial charge in [0, 0.05) is 18.3 Å². The highest BCUT2D eigenvalue weighted by Crippen LogP contribution is 2.28. The standard InChI is InChI=1S/C13H16N2/c1-15-7-5-12(9-15)10-2-3-13-11(8-10)4-6-14-13/h2-4,6,8,12,14H,5,7,9H2,1H3. The van der Waals surface area contributed by atoms with Gasteiger partial charge >= 0.3 is 0 Å².